The zero-order chi connectivity index (χ0) is 11.3. The van der Waals surface area contributed by atoms with Crippen LogP contribution >= 0.6 is 0 Å². The van der Waals surface area contributed by atoms with Crippen LogP contribution in [-0.4, -0.2) is 11.1 Å². The lowest BCUT2D eigenvalue weighted by Crippen LogP contribution is -1.90. The number of hydrogen-bond donors (Lipinski definition) is 1. The van der Waals surface area contributed by atoms with E-state index in [0.717, 1.165) is 18.4 Å². The van der Waals surface area contributed by atoms with E-state index in [-0.39, 0.29) is 0 Å². The largest absolute Gasteiger partial charge is 0.478 e. The summed E-state index contributed by atoms with van der Waals surface area (Å²) in [6, 6.07) is 6.03. The summed E-state index contributed by atoms with van der Waals surface area (Å²) in [6.07, 6.45) is 4.94. The molecule has 1 rings (SSSR count). The molecule has 1 aromatic carbocycles. The van der Waals surface area contributed by atoms with Crippen LogP contribution in [0.4, 0.5) is 0 Å². The topological polar surface area (TPSA) is 37.3 Å². The van der Waals surface area contributed by atoms with E-state index in [0.29, 0.717) is 0 Å². The fourth-order valence-corrected chi connectivity index (χ4v) is 1.50. The van der Waals surface area contributed by atoms with Crippen LogP contribution in [0, 0.1) is 6.92 Å². The van der Waals surface area contributed by atoms with Gasteiger partial charge in [0.2, 0.25) is 0 Å². The highest BCUT2D eigenvalue weighted by atomic mass is 16.4. The summed E-state index contributed by atoms with van der Waals surface area (Å²) in [7, 11) is 0. The monoisotopic (exact) mass is 204 g/mol. The van der Waals surface area contributed by atoms with Crippen LogP contribution in [0.3, 0.4) is 0 Å². The molecule has 0 unspecified atom stereocenters. The Labute approximate surface area is 90.3 Å². The Morgan fingerprint density at radius 1 is 1.47 bits per heavy atom. The Morgan fingerprint density at radius 2 is 2.20 bits per heavy atom. The van der Waals surface area contributed by atoms with Crippen molar-refractivity contribution in [2.45, 2.75) is 26.7 Å². The summed E-state index contributed by atoms with van der Waals surface area (Å²) >= 11 is 0. The van der Waals surface area contributed by atoms with E-state index in [4.69, 9.17) is 5.11 Å². The molecule has 2 heteroatoms. The first-order valence-electron chi connectivity index (χ1n) is 5.14. The lowest BCUT2D eigenvalue weighted by atomic mass is 10.0. The first kappa shape index (κ1) is 11.5. The third kappa shape index (κ3) is 3.58. The standard InChI is InChI=1S/C13H16O2/c1-3-4-12-9-11(6-5-10(12)2)7-8-13(14)15/h5-9H,3-4H2,1-2H3,(H,14,15)/b8-7+. The van der Waals surface area contributed by atoms with Gasteiger partial charge in [-0.1, -0.05) is 31.5 Å². The smallest absolute Gasteiger partial charge is 0.328 e. The Hall–Kier alpha value is -1.57. The normalized spacial score (nSPS) is 10.8. The fourth-order valence-electron chi connectivity index (χ4n) is 1.50. The highest BCUT2D eigenvalue weighted by Gasteiger charge is 1.98. The average Bonchev–Trinajstić information content (AvgIpc) is 2.19. The van der Waals surface area contributed by atoms with Crippen molar-refractivity contribution in [3.8, 4) is 0 Å². The molecule has 0 fully saturated rings. The van der Waals surface area contributed by atoms with Gasteiger partial charge in [0, 0.05) is 6.08 Å². The molecule has 0 atom stereocenters. The average molecular weight is 204 g/mol. The zero-order valence-corrected chi connectivity index (χ0v) is 9.16. The van der Waals surface area contributed by atoms with Crippen LogP contribution in [0.5, 0.6) is 0 Å². The molecule has 0 spiro atoms. The summed E-state index contributed by atoms with van der Waals surface area (Å²) in [5.41, 5.74) is 3.51. The number of aliphatic carboxylic acids is 1. The summed E-state index contributed by atoms with van der Waals surface area (Å²) < 4.78 is 0. The van der Waals surface area contributed by atoms with E-state index in [1.807, 2.05) is 12.1 Å². The summed E-state index contributed by atoms with van der Waals surface area (Å²) in [6.45, 7) is 4.22. The number of aryl methyl sites for hydroxylation is 2. The summed E-state index contributed by atoms with van der Waals surface area (Å²) in [4.78, 5) is 10.4. The van der Waals surface area contributed by atoms with Gasteiger partial charge in [-0.15, -0.1) is 0 Å². The molecule has 0 aromatic heterocycles. The van der Waals surface area contributed by atoms with Gasteiger partial charge in [0.05, 0.1) is 0 Å². The Morgan fingerprint density at radius 3 is 2.80 bits per heavy atom. The predicted octanol–water partition coefficient (Wildman–Crippen LogP) is 3.05. The van der Waals surface area contributed by atoms with Crippen molar-refractivity contribution >= 4 is 12.0 Å². The van der Waals surface area contributed by atoms with E-state index in [1.54, 1.807) is 6.08 Å². The molecule has 0 saturated heterocycles. The molecule has 15 heavy (non-hydrogen) atoms. The van der Waals surface area contributed by atoms with Gasteiger partial charge in [0.1, 0.15) is 0 Å². The van der Waals surface area contributed by atoms with Crippen LogP contribution in [0.25, 0.3) is 6.08 Å². The summed E-state index contributed by atoms with van der Waals surface area (Å²) in [5.74, 6) is -0.910. The number of rotatable bonds is 4. The van der Waals surface area contributed by atoms with Gasteiger partial charge in [0.25, 0.3) is 0 Å². The van der Waals surface area contributed by atoms with Gasteiger partial charge in [-0.3, -0.25) is 0 Å². The van der Waals surface area contributed by atoms with Gasteiger partial charge in [-0.05, 0) is 36.1 Å². The number of hydrogen-bond acceptors (Lipinski definition) is 1. The van der Waals surface area contributed by atoms with E-state index in [2.05, 4.69) is 19.9 Å². The molecule has 80 valence electrons. The fraction of sp³-hybridized carbons (Fsp3) is 0.308. The Balaban J connectivity index is 2.91. The van der Waals surface area contributed by atoms with E-state index >= 15 is 0 Å². The molecule has 0 aliphatic rings. The maximum atomic E-state index is 10.4. The van der Waals surface area contributed by atoms with Crippen molar-refractivity contribution in [1.82, 2.24) is 0 Å². The van der Waals surface area contributed by atoms with Crippen molar-refractivity contribution in [3.63, 3.8) is 0 Å². The van der Waals surface area contributed by atoms with Gasteiger partial charge in [-0.2, -0.15) is 0 Å². The molecule has 0 bridgehead atoms. The van der Waals surface area contributed by atoms with Crippen LogP contribution < -0.4 is 0 Å². The molecule has 0 saturated carbocycles. The van der Waals surface area contributed by atoms with E-state index < -0.39 is 5.97 Å². The van der Waals surface area contributed by atoms with Crippen LogP contribution in [0.15, 0.2) is 24.3 Å². The Kier molecular flexibility index (Phi) is 4.10. The van der Waals surface area contributed by atoms with Crippen molar-refractivity contribution in [1.29, 1.82) is 0 Å². The first-order valence-corrected chi connectivity index (χ1v) is 5.14. The molecule has 0 aliphatic carbocycles. The van der Waals surface area contributed by atoms with Crippen molar-refractivity contribution in [2.75, 3.05) is 0 Å². The minimum absolute atomic E-state index is 0.910. The van der Waals surface area contributed by atoms with E-state index in [1.165, 1.54) is 17.2 Å². The van der Waals surface area contributed by atoms with E-state index in [9.17, 15) is 4.79 Å². The number of carboxylic acids is 1. The molecular formula is C13H16O2. The number of benzene rings is 1. The third-order valence-electron chi connectivity index (χ3n) is 2.31. The van der Waals surface area contributed by atoms with Gasteiger partial charge >= 0.3 is 5.97 Å². The highest BCUT2D eigenvalue weighted by Crippen LogP contribution is 2.14. The van der Waals surface area contributed by atoms with Crippen molar-refractivity contribution in [2.24, 2.45) is 0 Å². The van der Waals surface area contributed by atoms with Crippen LogP contribution in [0.2, 0.25) is 0 Å². The predicted molar refractivity (Wildman–Crippen MR) is 61.8 cm³/mol. The molecule has 0 heterocycles. The lowest BCUT2D eigenvalue weighted by molar-refractivity contribution is -0.131. The maximum absolute atomic E-state index is 10.4. The van der Waals surface area contributed by atoms with Crippen LogP contribution in [0.1, 0.15) is 30.0 Å². The molecule has 0 radical (unpaired) electrons. The molecule has 0 aliphatic heterocycles. The molecule has 1 aromatic rings. The quantitative estimate of drug-likeness (QED) is 0.765. The second-order valence-electron chi connectivity index (χ2n) is 3.61. The lowest BCUT2D eigenvalue weighted by Gasteiger charge is -2.05. The maximum Gasteiger partial charge on any atom is 0.328 e. The van der Waals surface area contributed by atoms with Gasteiger partial charge in [0.15, 0.2) is 0 Å². The van der Waals surface area contributed by atoms with Crippen LogP contribution in [-0.2, 0) is 11.2 Å². The first-order chi connectivity index (χ1) is 7.13. The highest BCUT2D eigenvalue weighted by molar-refractivity contribution is 5.85. The molecule has 1 N–H and O–H groups in total. The minimum Gasteiger partial charge on any atom is -0.478 e. The molecular weight excluding hydrogens is 188 g/mol. The van der Waals surface area contributed by atoms with Crippen molar-refractivity contribution < 1.29 is 9.90 Å². The number of carbonyl (C=O) groups is 1. The second-order valence-corrected chi connectivity index (χ2v) is 3.61. The SMILES string of the molecule is CCCc1cc(/C=C/C(=O)O)ccc1C. The van der Waals surface area contributed by atoms with Crippen molar-refractivity contribution in [3.05, 3.63) is 41.0 Å². The third-order valence-corrected chi connectivity index (χ3v) is 2.31. The van der Waals surface area contributed by atoms with Gasteiger partial charge in [-0.25, -0.2) is 4.79 Å². The Bertz CT molecular complexity index is 378. The number of carboxylic acid groups (broad SMARTS) is 1. The molecule has 2 nitrogen and oxygen atoms in total. The summed E-state index contributed by atoms with van der Waals surface area (Å²) in [5, 5.41) is 8.52. The molecule has 0 amide bonds. The van der Waals surface area contributed by atoms with Gasteiger partial charge < -0.3 is 5.11 Å². The zero-order valence-electron chi connectivity index (χ0n) is 9.16. The minimum atomic E-state index is -0.910. The second kappa shape index (κ2) is 5.35.